The van der Waals surface area contributed by atoms with Crippen molar-refractivity contribution in [2.45, 2.75) is 72.1 Å². The average molecular weight is 723 g/mol. The zero-order valence-electron chi connectivity index (χ0n) is 30.6. The lowest BCUT2D eigenvalue weighted by Gasteiger charge is -2.30. The fourth-order valence-electron chi connectivity index (χ4n) is 7.30. The number of pyridine rings is 1. The summed E-state index contributed by atoms with van der Waals surface area (Å²) in [4.78, 5) is 9.12. The van der Waals surface area contributed by atoms with Gasteiger partial charge in [-0.05, 0) is 124 Å². The number of aliphatic hydroxyl groups is 1. The lowest BCUT2D eigenvalue weighted by Crippen LogP contribution is -2.35. The maximum atomic E-state index is 9.42. The summed E-state index contributed by atoms with van der Waals surface area (Å²) in [5, 5.41) is 19.3. The Morgan fingerprint density at radius 1 is 0.808 bits per heavy atom. The van der Waals surface area contributed by atoms with Crippen LogP contribution in [0.2, 0.25) is 5.02 Å². The van der Waals surface area contributed by atoms with Gasteiger partial charge in [-0.15, -0.1) is 0 Å². The second-order valence-corrected chi connectivity index (χ2v) is 14.6. The lowest BCUT2D eigenvalue weighted by molar-refractivity contribution is 0.126. The standard InChI is InChI=1S/C43H51ClN4O4/c1-31-36(9-6-10-38(31)39-11-7-12-41(32(39)2)50-20-8-17-47-18-13-33(28-49)14-19-47)30-52-43-23-42(51-29-35-21-34(24-45)25-46-26-35)37(22-40(43)44)27-48-15-4-3-5-16-48/h6-7,9-12,21-23,25-26,33,49H,3-5,8,13-20,27-30H2,1-2H3. The minimum absolute atomic E-state index is 0.282. The molecule has 6 rings (SSSR count). The summed E-state index contributed by atoms with van der Waals surface area (Å²) in [5.74, 6) is 2.66. The van der Waals surface area contributed by atoms with E-state index in [9.17, 15) is 10.4 Å². The van der Waals surface area contributed by atoms with Crippen LogP contribution in [-0.4, -0.2) is 65.8 Å². The molecule has 0 bridgehead atoms. The number of nitrogens with zero attached hydrogens (tertiary/aromatic N) is 4. The van der Waals surface area contributed by atoms with E-state index >= 15 is 0 Å². The maximum Gasteiger partial charge on any atom is 0.142 e. The zero-order chi connectivity index (χ0) is 36.3. The van der Waals surface area contributed by atoms with Crippen LogP contribution in [0.4, 0.5) is 0 Å². The third-order valence-corrected chi connectivity index (χ3v) is 10.8. The molecule has 8 nitrogen and oxygen atoms in total. The molecular weight excluding hydrogens is 672 g/mol. The number of likely N-dealkylation sites (tertiary alicyclic amines) is 2. The normalized spacial score (nSPS) is 15.7. The smallest absolute Gasteiger partial charge is 0.142 e. The number of piperidine rings is 2. The lowest BCUT2D eigenvalue weighted by atomic mass is 9.93. The molecule has 1 aromatic heterocycles. The van der Waals surface area contributed by atoms with Gasteiger partial charge in [-0.25, -0.2) is 0 Å². The van der Waals surface area contributed by atoms with E-state index in [0.717, 1.165) is 109 Å². The average Bonchev–Trinajstić information content (AvgIpc) is 3.17. The van der Waals surface area contributed by atoms with Crippen molar-refractivity contribution in [1.82, 2.24) is 14.8 Å². The molecule has 2 saturated heterocycles. The highest BCUT2D eigenvalue weighted by molar-refractivity contribution is 6.32. The molecule has 274 valence electrons. The Bertz CT molecular complexity index is 1830. The van der Waals surface area contributed by atoms with Gasteiger partial charge in [-0.1, -0.05) is 48.4 Å². The Kier molecular flexibility index (Phi) is 13.4. The van der Waals surface area contributed by atoms with Crippen LogP contribution in [0.25, 0.3) is 11.1 Å². The number of aliphatic hydroxyl groups excluding tert-OH is 1. The number of nitriles is 1. The van der Waals surface area contributed by atoms with Crippen molar-refractivity contribution in [3.05, 3.63) is 105 Å². The molecule has 0 atom stereocenters. The van der Waals surface area contributed by atoms with Gasteiger partial charge >= 0.3 is 0 Å². The van der Waals surface area contributed by atoms with Crippen LogP contribution in [0.15, 0.2) is 67.0 Å². The molecule has 0 saturated carbocycles. The Morgan fingerprint density at radius 3 is 2.33 bits per heavy atom. The number of hydrogen-bond acceptors (Lipinski definition) is 8. The highest BCUT2D eigenvalue weighted by Gasteiger charge is 2.20. The SMILES string of the molecule is Cc1c(COc2cc(OCc3cncc(C#N)c3)c(CN3CCCCC3)cc2Cl)cccc1-c1cccc(OCCCN2CCC(CO)CC2)c1C. The summed E-state index contributed by atoms with van der Waals surface area (Å²) in [7, 11) is 0. The van der Waals surface area contributed by atoms with Crippen molar-refractivity contribution in [3.8, 4) is 34.4 Å². The van der Waals surface area contributed by atoms with Gasteiger partial charge in [0.25, 0.3) is 0 Å². The summed E-state index contributed by atoms with van der Waals surface area (Å²) >= 11 is 6.88. The van der Waals surface area contributed by atoms with E-state index in [1.807, 2.05) is 12.1 Å². The van der Waals surface area contributed by atoms with Gasteiger partial charge in [0.1, 0.15) is 36.5 Å². The quantitative estimate of drug-likeness (QED) is 0.122. The second-order valence-electron chi connectivity index (χ2n) is 14.2. The summed E-state index contributed by atoms with van der Waals surface area (Å²) in [6.07, 6.45) is 10.1. The van der Waals surface area contributed by atoms with E-state index in [2.05, 4.69) is 71.1 Å². The van der Waals surface area contributed by atoms with Gasteiger partial charge in [0.15, 0.2) is 0 Å². The monoisotopic (exact) mass is 722 g/mol. The largest absolute Gasteiger partial charge is 0.493 e. The summed E-state index contributed by atoms with van der Waals surface area (Å²) in [6.45, 7) is 11.9. The van der Waals surface area contributed by atoms with Gasteiger partial charge < -0.3 is 24.2 Å². The first-order valence-electron chi connectivity index (χ1n) is 18.7. The van der Waals surface area contributed by atoms with Gasteiger partial charge in [0.2, 0.25) is 0 Å². The van der Waals surface area contributed by atoms with Crippen molar-refractivity contribution in [1.29, 1.82) is 5.26 Å². The number of hydrogen-bond donors (Lipinski definition) is 1. The van der Waals surface area contributed by atoms with E-state index in [0.29, 0.717) is 42.1 Å². The molecule has 52 heavy (non-hydrogen) atoms. The Labute approximate surface area is 313 Å². The number of rotatable bonds is 15. The van der Waals surface area contributed by atoms with Crippen LogP contribution < -0.4 is 14.2 Å². The summed E-state index contributed by atoms with van der Waals surface area (Å²) < 4.78 is 19.1. The number of benzene rings is 3. The summed E-state index contributed by atoms with van der Waals surface area (Å²) in [6, 6.07) is 20.5. The van der Waals surface area contributed by atoms with Crippen molar-refractivity contribution < 1.29 is 19.3 Å². The molecule has 9 heteroatoms. The maximum absolute atomic E-state index is 9.42. The van der Waals surface area contributed by atoms with Crippen molar-refractivity contribution in [3.63, 3.8) is 0 Å². The Hall–Kier alpha value is -4.13. The van der Waals surface area contributed by atoms with Crippen LogP contribution in [0.1, 0.15) is 71.9 Å². The van der Waals surface area contributed by atoms with E-state index < -0.39 is 0 Å². The van der Waals surface area contributed by atoms with Crippen LogP contribution in [-0.2, 0) is 19.8 Å². The fourth-order valence-corrected chi connectivity index (χ4v) is 7.55. The molecule has 0 amide bonds. The molecule has 0 radical (unpaired) electrons. The topological polar surface area (TPSA) is 91.1 Å². The zero-order valence-corrected chi connectivity index (χ0v) is 31.3. The Balaban J connectivity index is 1.13. The molecule has 3 aromatic carbocycles. The minimum atomic E-state index is 0.282. The van der Waals surface area contributed by atoms with Gasteiger partial charge in [-0.2, -0.15) is 5.26 Å². The molecule has 0 unspecified atom stereocenters. The highest BCUT2D eigenvalue weighted by atomic mass is 35.5. The molecule has 4 aromatic rings. The van der Waals surface area contributed by atoms with E-state index in [4.69, 9.17) is 25.8 Å². The predicted octanol–water partition coefficient (Wildman–Crippen LogP) is 8.51. The van der Waals surface area contributed by atoms with Crippen molar-refractivity contribution >= 4 is 11.6 Å². The van der Waals surface area contributed by atoms with E-state index in [1.54, 1.807) is 18.5 Å². The first-order valence-corrected chi connectivity index (χ1v) is 19.1. The van der Waals surface area contributed by atoms with Crippen LogP contribution in [0, 0.1) is 31.1 Å². The molecule has 2 aliphatic heterocycles. The second kappa shape index (κ2) is 18.6. The molecule has 2 aliphatic rings. The van der Waals surface area contributed by atoms with Crippen LogP contribution in [0.3, 0.4) is 0 Å². The van der Waals surface area contributed by atoms with Gasteiger partial charge in [0, 0.05) is 49.3 Å². The third-order valence-electron chi connectivity index (χ3n) is 10.5. The van der Waals surface area contributed by atoms with Gasteiger partial charge in [-0.3, -0.25) is 9.88 Å². The molecule has 2 fully saturated rings. The third kappa shape index (κ3) is 9.84. The van der Waals surface area contributed by atoms with E-state index in [-0.39, 0.29) is 6.61 Å². The van der Waals surface area contributed by atoms with Crippen LogP contribution in [0.5, 0.6) is 17.2 Å². The first-order chi connectivity index (χ1) is 25.4. The van der Waals surface area contributed by atoms with Crippen molar-refractivity contribution in [2.24, 2.45) is 5.92 Å². The van der Waals surface area contributed by atoms with E-state index in [1.165, 1.54) is 19.3 Å². The molecule has 0 aliphatic carbocycles. The molecule has 1 N–H and O–H groups in total. The first kappa shape index (κ1) is 37.6. The summed E-state index contributed by atoms with van der Waals surface area (Å²) in [5.41, 5.74) is 7.98. The van der Waals surface area contributed by atoms with Crippen LogP contribution >= 0.6 is 11.6 Å². The van der Waals surface area contributed by atoms with Gasteiger partial charge in [0.05, 0.1) is 17.2 Å². The molecular formula is C43H51ClN4O4. The molecule has 0 spiro atoms. The number of aromatic nitrogens is 1. The fraction of sp³-hybridized carbons (Fsp3) is 0.442. The molecule has 3 heterocycles. The van der Waals surface area contributed by atoms with Crippen molar-refractivity contribution in [2.75, 3.05) is 45.9 Å². The Morgan fingerprint density at radius 2 is 1.56 bits per heavy atom. The minimum Gasteiger partial charge on any atom is -0.493 e. The highest BCUT2D eigenvalue weighted by Crippen LogP contribution is 2.37. The number of halogens is 1. The predicted molar refractivity (Wildman–Crippen MR) is 206 cm³/mol. The number of ether oxygens (including phenoxy) is 3.